The van der Waals surface area contributed by atoms with E-state index < -0.39 is 0 Å². The Labute approximate surface area is 103 Å². The first-order valence-electron chi connectivity index (χ1n) is 6.15. The lowest BCUT2D eigenvalue weighted by Crippen LogP contribution is -2.51. The Morgan fingerprint density at radius 2 is 2.38 bits per heavy atom. The topological polar surface area (TPSA) is 33.3 Å². The van der Waals surface area contributed by atoms with Crippen molar-refractivity contribution < 1.29 is 4.74 Å². The van der Waals surface area contributed by atoms with E-state index in [2.05, 4.69) is 17.2 Å². The molecule has 2 N–H and O–H groups in total. The molecular formula is C12H21ClN2O. The van der Waals surface area contributed by atoms with Gasteiger partial charge in [0.25, 0.3) is 0 Å². The van der Waals surface area contributed by atoms with Crippen LogP contribution in [0.5, 0.6) is 0 Å². The summed E-state index contributed by atoms with van der Waals surface area (Å²) in [6.07, 6.45) is 3.83. The molecule has 0 aromatic rings. The van der Waals surface area contributed by atoms with Crippen molar-refractivity contribution in [1.29, 1.82) is 0 Å². The zero-order chi connectivity index (χ0) is 11.4. The van der Waals surface area contributed by atoms with Crippen LogP contribution in [0, 0.1) is 5.92 Å². The first-order valence-corrected chi connectivity index (χ1v) is 6.53. The standard InChI is InChI=1S/C12H21ClN2O/c1-9(13)7-15-11-4-2-3-10(11)12-8-16-6-5-14-12/h10-12,14-15H,1-8H2. The molecule has 1 saturated heterocycles. The zero-order valence-electron chi connectivity index (χ0n) is 9.68. The maximum atomic E-state index is 5.79. The average molecular weight is 245 g/mol. The summed E-state index contributed by atoms with van der Waals surface area (Å²) in [5, 5.41) is 7.75. The monoisotopic (exact) mass is 244 g/mol. The van der Waals surface area contributed by atoms with E-state index >= 15 is 0 Å². The fourth-order valence-corrected chi connectivity index (χ4v) is 2.90. The van der Waals surface area contributed by atoms with Crippen molar-refractivity contribution in [3.63, 3.8) is 0 Å². The summed E-state index contributed by atoms with van der Waals surface area (Å²) in [7, 11) is 0. The van der Waals surface area contributed by atoms with E-state index in [1.54, 1.807) is 0 Å². The lowest BCUT2D eigenvalue weighted by atomic mass is 9.94. The minimum atomic E-state index is 0.511. The van der Waals surface area contributed by atoms with Crippen molar-refractivity contribution in [2.75, 3.05) is 26.3 Å². The van der Waals surface area contributed by atoms with Crippen LogP contribution in [0.25, 0.3) is 0 Å². The molecule has 1 saturated carbocycles. The summed E-state index contributed by atoms with van der Waals surface area (Å²) in [5.74, 6) is 0.677. The molecule has 2 aliphatic rings. The van der Waals surface area contributed by atoms with Crippen molar-refractivity contribution in [2.24, 2.45) is 5.92 Å². The number of rotatable bonds is 4. The van der Waals surface area contributed by atoms with Gasteiger partial charge in [-0.3, -0.25) is 0 Å². The van der Waals surface area contributed by atoms with Crippen molar-refractivity contribution in [2.45, 2.75) is 31.3 Å². The molecule has 3 atom stereocenters. The van der Waals surface area contributed by atoms with E-state index in [-0.39, 0.29) is 0 Å². The van der Waals surface area contributed by atoms with Gasteiger partial charge in [-0.2, -0.15) is 0 Å². The van der Waals surface area contributed by atoms with Gasteiger partial charge >= 0.3 is 0 Å². The molecule has 0 bridgehead atoms. The van der Waals surface area contributed by atoms with Crippen LogP contribution < -0.4 is 10.6 Å². The van der Waals surface area contributed by atoms with Gasteiger partial charge in [-0.05, 0) is 18.8 Å². The van der Waals surface area contributed by atoms with Crippen LogP contribution in [-0.2, 0) is 4.74 Å². The fourth-order valence-electron chi connectivity index (χ4n) is 2.83. The number of nitrogens with one attached hydrogen (secondary N) is 2. The van der Waals surface area contributed by atoms with Crippen LogP contribution in [0.2, 0.25) is 0 Å². The van der Waals surface area contributed by atoms with E-state index in [1.165, 1.54) is 19.3 Å². The second-order valence-corrected chi connectivity index (χ2v) is 5.27. The molecule has 2 fully saturated rings. The minimum absolute atomic E-state index is 0.511. The summed E-state index contributed by atoms with van der Waals surface area (Å²) in [5.41, 5.74) is 0. The van der Waals surface area contributed by atoms with Crippen LogP contribution in [0.4, 0.5) is 0 Å². The van der Waals surface area contributed by atoms with Crippen molar-refractivity contribution in [3.8, 4) is 0 Å². The molecule has 4 heteroatoms. The van der Waals surface area contributed by atoms with Gasteiger partial charge in [0, 0.05) is 30.2 Å². The second kappa shape index (κ2) is 6.01. The molecule has 0 aromatic carbocycles. The summed E-state index contributed by atoms with van der Waals surface area (Å²) in [6, 6.07) is 1.08. The van der Waals surface area contributed by atoms with Gasteiger partial charge in [0.05, 0.1) is 13.2 Å². The maximum Gasteiger partial charge on any atom is 0.0623 e. The normalized spacial score (nSPS) is 35.2. The van der Waals surface area contributed by atoms with Gasteiger partial charge in [0.15, 0.2) is 0 Å². The third-order valence-corrected chi connectivity index (χ3v) is 3.73. The van der Waals surface area contributed by atoms with Gasteiger partial charge in [-0.25, -0.2) is 0 Å². The van der Waals surface area contributed by atoms with E-state index in [4.69, 9.17) is 16.3 Å². The SMILES string of the molecule is C=C(Cl)CNC1CCCC1C1COCCN1. The summed E-state index contributed by atoms with van der Waals surface area (Å²) >= 11 is 5.79. The second-order valence-electron chi connectivity index (χ2n) is 4.73. The van der Waals surface area contributed by atoms with Crippen molar-refractivity contribution in [1.82, 2.24) is 10.6 Å². The molecular weight excluding hydrogens is 224 g/mol. The van der Waals surface area contributed by atoms with Crippen molar-refractivity contribution >= 4 is 11.6 Å². The molecule has 0 radical (unpaired) electrons. The summed E-state index contributed by atoms with van der Waals surface area (Å²) in [4.78, 5) is 0. The van der Waals surface area contributed by atoms with E-state index in [1.807, 2.05) is 0 Å². The lowest BCUT2D eigenvalue weighted by molar-refractivity contribution is 0.0528. The molecule has 0 spiro atoms. The fraction of sp³-hybridized carbons (Fsp3) is 0.833. The van der Waals surface area contributed by atoms with E-state index in [0.717, 1.165) is 26.3 Å². The van der Waals surface area contributed by atoms with Gasteiger partial charge < -0.3 is 15.4 Å². The largest absolute Gasteiger partial charge is 0.379 e. The van der Waals surface area contributed by atoms with Crippen LogP contribution >= 0.6 is 11.6 Å². The predicted molar refractivity (Wildman–Crippen MR) is 66.7 cm³/mol. The highest BCUT2D eigenvalue weighted by molar-refractivity contribution is 6.29. The summed E-state index contributed by atoms with van der Waals surface area (Å²) < 4.78 is 5.53. The van der Waals surface area contributed by atoms with Gasteiger partial charge in [-0.15, -0.1) is 0 Å². The lowest BCUT2D eigenvalue weighted by Gasteiger charge is -2.33. The Bertz CT molecular complexity index is 241. The average Bonchev–Trinajstić information content (AvgIpc) is 2.75. The highest BCUT2D eigenvalue weighted by Gasteiger charge is 2.34. The Balaban J connectivity index is 1.84. The Hall–Kier alpha value is -0.0900. The van der Waals surface area contributed by atoms with Crippen LogP contribution in [0.15, 0.2) is 11.6 Å². The highest BCUT2D eigenvalue weighted by Crippen LogP contribution is 2.29. The smallest absolute Gasteiger partial charge is 0.0623 e. The molecule has 3 nitrogen and oxygen atoms in total. The number of hydrogen-bond acceptors (Lipinski definition) is 3. The molecule has 3 unspecified atom stereocenters. The maximum absolute atomic E-state index is 5.79. The predicted octanol–water partition coefficient (Wildman–Crippen LogP) is 1.49. The molecule has 0 aromatic heterocycles. The van der Waals surface area contributed by atoms with Gasteiger partial charge in [0.1, 0.15) is 0 Å². The first kappa shape index (κ1) is 12.4. The minimum Gasteiger partial charge on any atom is -0.379 e. The Morgan fingerprint density at radius 3 is 3.06 bits per heavy atom. The Morgan fingerprint density at radius 1 is 1.50 bits per heavy atom. The quantitative estimate of drug-likeness (QED) is 0.786. The first-order chi connectivity index (χ1) is 7.77. The van der Waals surface area contributed by atoms with Crippen LogP contribution in [0.1, 0.15) is 19.3 Å². The van der Waals surface area contributed by atoms with E-state index in [9.17, 15) is 0 Å². The number of halogens is 1. The van der Waals surface area contributed by atoms with Gasteiger partial charge in [0.2, 0.25) is 0 Å². The van der Waals surface area contributed by atoms with Crippen LogP contribution in [-0.4, -0.2) is 38.4 Å². The molecule has 0 amide bonds. The summed E-state index contributed by atoms with van der Waals surface area (Å²) in [6.45, 7) is 7.12. The molecule has 92 valence electrons. The molecule has 1 aliphatic heterocycles. The van der Waals surface area contributed by atoms with Gasteiger partial charge in [-0.1, -0.05) is 24.6 Å². The molecule has 1 aliphatic carbocycles. The molecule has 16 heavy (non-hydrogen) atoms. The zero-order valence-corrected chi connectivity index (χ0v) is 10.4. The number of hydrogen-bond donors (Lipinski definition) is 2. The molecule has 2 rings (SSSR count). The third-order valence-electron chi connectivity index (χ3n) is 3.59. The van der Waals surface area contributed by atoms with Crippen molar-refractivity contribution in [3.05, 3.63) is 11.6 Å². The van der Waals surface area contributed by atoms with Crippen LogP contribution in [0.3, 0.4) is 0 Å². The number of ether oxygens (including phenoxy) is 1. The number of morpholine rings is 1. The van der Waals surface area contributed by atoms with E-state index in [0.29, 0.717) is 23.0 Å². The Kier molecular flexibility index (Phi) is 4.65. The third kappa shape index (κ3) is 3.20. The highest BCUT2D eigenvalue weighted by atomic mass is 35.5. The molecule has 1 heterocycles.